The van der Waals surface area contributed by atoms with Crippen LogP contribution in [0, 0.1) is 5.92 Å². The maximum absolute atomic E-state index is 12.2. The van der Waals surface area contributed by atoms with Crippen molar-refractivity contribution in [2.75, 3.05) is 5.32 Å². The highest BCUT2D eigenvalue weighted by Crippen LogP contribution is 2.32. The number of carbonyl (C=O) groups excluding carboxylic acids is 1. The molecule has 5 heteroatoms. The number of benzene rings is 1. The van der Waals surface area contributed by atoms with Crippen LogP contribution in [-0.4, -0.2) is 10.9 Å². The number of nitrogens with one attached hydrogen (secondary N) is 1. The number of hydrogen-bond acceptors (Lipinski definition) is 3. The molecule has 1 aliphatic carbocycles. The number of halogens is 1. The van der Waals surface area contributed by atoms with E-state index in [1.54, 1.807) is 29.5 Å². The van der Waals surface area contributed by atoms with Crippen molar-refractivity contribution in [2.45, 2.75) is 26.2 Å². The van der Waals surface area contributed by atoms with E-state index < -0.39 is 0 Å². The zero-order valence-corrected chi connectivity index (χ0v) is 12.7. The van der Waals surface area contributed by atoms with Crippen molar-refractivity contribution >= 4 is 34.0 Å². The van der Waals surface area contributed by atoms with Gasteiger partial charge in [0.15, 0.2) is 5.13 Å². The van der Waals surface area contributed by atoms with Gasteiger partial charge in [-0.2, -0.15) is 0 Å². The largest absolute Gasteiger partial charge is 0.298 e. The Labute approximate surface area is 127 Å². The fraction of sp³-hybridized carbons (Fsp3) is 0.333. The maximum Gasteiger partial charge on any atom is 0.258 e. The molecule has 0 radical (unpaired) electrons. The molecule has 1 aromatic carbocycles. The van der Waals surface area contributed by atoms with Gasteiger partial charge in [-0.15, -0.1) is 11.3 Å². The van der Waals surface area contributed by atoms with Crippen molar-refractivity contribution < 1.29 is 4.79 Å². The van der Waals surface area contributed by atoms with Crippen LogP contribution in [0.2, 0.25) is 5.02 Å². The van der Waals surface area contributed by atoms with E-state index in [1.807, 2.05) is 6.07 Å². The van der Waals surface area contributed by atoms with Crippen LogP contribution in [0.5, 0.6) is 0 Å². The van der Waals surface area contributed by atoms with Gasteiger partial charge in [-0.05, 0) is 37.3 Å². The minimum Gasteiger partial charge on any atom is -0.298 e. The zero-order valence-electron chi connectivity index (χ0n) is 11.1. The summed E-state index contributed by atoms with van der Waals surface area (Å²) in [5.74, 6) is 0.504. The molecule has 2 aromatic rings. The number of hydrogen-bond donors (Lipinski definition) is 1. The molecule has 1 aromatic heterocycles. The van der Waals surface area contributed by atoms with Crippen LogP contribution >= 0.6 is 22.9 Å². The van der Waals surface area contributed by atoms with Gasteiger partial charge in [0.05, 0.1) is 16.3 Å². The summed E-state index contributed by atoms with van der Waals surface area (Å²) in [5.41, 5.74) is 1.62. The van der Waals surface area contributed by atoms with E-state index in [0.29, 0.717) is 21.6 Å². The second-order valence-corrected chi connectivity index (χ2v) is 6.66. The first-order valence-corrected chi connectivity index (χ1v) is 7.87. The molecule has 3 nitrogen and oxygen atoms in total. The lowest BCUT2D eigenvalue weighted by Crippen LogP contribution is -2.12. The Morgan fingerprint density at radius 3 is 3.05 bits per heavy atom. The van der Waals surface area contributed by atoms with Crippen LogP contribution in [0.15, 0.2) is 24.3 Å². The van der Waals surface area contributed by atoms with Crippen LogP contribution in [0.1, 0.15) is 34.3 Å². The predicted octanol–water partition coefficient (Wildman–Crippen LogP) is 4.17. The summed E-state index contributed by atoms with van der Waals surface area (Å²) in [6, 6.07) is 7.04. The molecule has 0 spiro atoms. The van der Waals surface area contributed by atoms with E-state index in [9.17, 15) is 4.79 Å². The average Bonchev–Trinajstić information content (AvgIpc) is 2.80. The standard InChI is InChI=1S/C15H15ClN2OS/c1-9-6-7-12-13(8-9)20-15(17-12)18-14(19)10-4-2-3-5-11(10)16/h2-5,9H,6-8H2,1H3,(H,17,18,19). The molecule has 0 fully saturated rings. The molecular weight excluding hydrogens is 292 g/mol. The van der Waals surface area contributed by atoms with Crippen LogP contribution in [0.4, 0.5) is 5.13 Å². The molecular formula is C15H15ClN2OS. The Balaban J connectivity index is 1.79. The normalized spacial score (nSPS) is 17.6. The molecule has 1 atom stereocenters. The van der Waals surface area contributed by atoms with Gasteiger partial charge in [-0.1, -0.05) is 30.7 Å². The zero-order chi connectivity index (χ0) is 14.1. The van der Waals surface area contributed by atoms with Gasteiger partial charge >= 0.3 is 0 Å². The Morgan fingerprint density at radius 2 is 2.25 bits per heavy atom. The fourth-order valence-electron chi connectivity index (χ4n) is 2.40. The van der Waals surface area contributed by atoms with Gasteiger partial charge in [0.2, 0.25) is 0 Å². The highest BCUT2D eigenvalue weighted by molar-refractivity contribution is 7.15. The molecule has 0 aliphatic heterocycles. The summed E-state index contributed by atoms with van der Waals surface area (Å²) in [7, 11) is 0. The molecule has 0 saturated carbocycles. The van der Waals surface area contributed by atoms with Gasteiger partial charge < -0.3 is 0 Å². The lowest BCUT2D eigenvalue weighted by atomic mass is 9.93. The van der Waals surface area contributed by atoms with E-state index >= 15 is 0 Å². The molecule has 20 heavy (non-hydrogen) atoms. The summed E-state index contributed by atoms with van der Waals surface area (Å²) in [5, 5.41) is 3.99. The quantitative estimate of drug-likeness (QED) is 0.904. The lowest BCUT2D eigenvalue weighted by Gasteiger charge is -2.15. The van der Waals surface area contributed by atoms with E-state index in [-0.39, 0.29) is 5.91 Å². The number of aryl methyl sites for hydroxylation is 1. The Kier molecular flexibility index (Phi) is 3.76. The third-order valence-electron chi connectivity index (χ3n) is 3.52. The molecule has 1 amide bonds. The minimum atomic E-state index is -0.199. The van der Waals surface area contributed by atoms with E-state index in [1.165, 1.54) is 11.3 Å². The molecule has 104 valence electrons. The lowest BCUT2D eigenvalue weighted by molar-refractivity contribution is 0.102. The highest BCUT2D eigenvalue weighted by atomic mass is 35.5. The second kappa shape index (κ2) is 5.54. The van der Waals surface area contributed by atoms with E-state index in [4.69, 9.17) is 11.6 Å². The van der Waals surface area contributed by atoms with Crippen LogP contribution < -0.4 is 5.32 Å². The van der Waals surface area contributed by atoms with Crippen molar-refractivity contribution in [3.05, 3.63) is 45.4 Å². The number of nitrogens with zero attached hydrogens (tertiary/aromatic N) is 1. The highest BCUT2D eigenvalue weighted by Gasteiger charge is 2.21. The number of rotatable bonds is 2. The molecule has 1 N–H and O–H groups in total. The summed E-state index contributed by atoms with van der Waals surface area (Å²) in [4.78, 5) is 18.0. The number of amides is 1. The topological polar surface area (TPSA) is 42.0 Å². The number of aromatic nitrogens is 1. The van der Waals surface area contributed by atoms with Gasteiger partial charge in [0.25, 0.3) is 5.91 Å². The Morgan fingerprint density at radius 1 is 1.45 bits per heavy atom. The molecule has 1 unspecified atom stereocenters. The summed E-state index contributed by atoms with van der Waals surface area (Å²) in [6.45, 7) is 2.25. The van der Waals surface area contributed by atoms with Gasteiger partial charge in [0, 0.05) is 4.88 Å². The van der Waals surface area contributed by atoms with Crippen molar-refractivity contribution in [3.63, 3.8) is 0 Å². The molecule has 0 saturated heterocycles. The van der Waals surface area contributed by atoms with E-state index in [0.717, 1.165) is 18.5 Å². The average molecular weight is 307 g/mol. The minimum absolute atomic E-state index is 0.199. The van der Waals surface area contributed by atoms with E-state index in [2.05, 4.69) is 17.2 Å². The second-order valence-electron chi connectivity index (χ2n) is 5.17. The Bertz CT molecular complexity index is 653. The monoisotopic (exact) mass is 306 g/mol. The number of carbonyl (C=O) groups is 1. The van der Waals surface area contributed by atoms with Gasteiger partial charge in [-0.25, -0.2) is 4.98 Å². The van der Waals surface area contributed by atoms with Gasteiger partial charge in [0.1, 0.15) is 0 Å². The molecule has 1 heterocycles. The number of fused-ring (bicyclic) bond motifs is 1. The summed E-state index contributed by atoms with van der Waals surface area (Å²) in [6.07, 6.45) is 3.25. The first-order valence-electron chi connectivity index (χ1n) is 6.68. The predicted molar refractivity (Wildman–Crippen MR) is 82.7 cm³/mol. The van der Waals surface area contributed by atoms with Crippen LogP contribution in [0.3, 0.4) is 0 Å². The van der Waals surface area contributed by atoms with Crippen molar-refractivity contribution in [2.24, 2.45) is 5.92 Å². The first-order chi connectivity index (χ1) is 9.63. The van der Waals surface area contributed by atoms with Crippen LogP contribution in [0.25, 0.3) is 0 Å². The maximum atomic E-state index is 12.2. The third-order valence-corrected chi connectivity index (χ3v) is 4.89. The third kappa shape index (κ3) is 2.72. The number of anilines is 1. The smallest absolute Gasteiger partial charge is 0.258 e. The SMILES string of the molecule is CC1CCc2nc(NC(=O)c3ccccc3Cl)sc2C1. The molecule has 1 aliphatic rings. The van der Waals surface area contributed by atoms with Crippen molar-refractivity contribution in [1.82, 2.24) is 4.98 Å². The van der Waals surface area contributed by atoms with Crippen molar-refractivity contribution in [3.8, 4) is 0 Å². The van der Waals surface area contributed by atoms with Crippen molar-refractivity contribution in [1.29, 1.82) is 0 Å². The molecule has 0 bridgehead atoms. The summed E-state index contributed by atoms with van der Waals surface area (Å²) < 4.78 is 0. The first kappa shape index (κ1) is 13.6. The molecule has 3 rings (SSSR count). The Hall–Kier alpha value is -1.39. The number of thiazole rings is 1. The van der Waals surface area contributed by atoms with Gasteiger partial charge in [-0.3, -0.25) is 10.1 Å². The van der Waals surface area contributed by atoms with Crippen LogP contribution in [-0.2, 0) is 12.8 Å². The fourth-order valence-corrected chi connectivity index (χ4v) is 3.79. The summed E-state index contributed by atoms with van der Waals surface area (Å²) >= 11 is 7.61.